The van der Waals surface area contributed by atoms with Gasteiger partial charge in [0.1, 0.15) is 12.1 Å². The summed E-state index contributed by atoms with van der Waals surface area (Å²) in [7, 11) is 3.41. The first-order valence-corrected chi connectivity index (χ1v) is 10.3. The Hall–Kier alpha value is -3.78. The van der Waals surface area contributed by atoms with Crippen molar-refractivity contribution in [1.82, 2.24) is 24.6 Å². The lowest BCUT2D eigenvalue weighted by atomic mass is 9.98. The smallest absolute Gasteiger partial charge is 0.254 e. The van der Waals surface area contributed by atoms with Gasteiger partial charge in [-0.1, -0.05) is 18.2 Å². The number of hydrogen-bond donors (Lipinski definition) is 1. The van der Waals surface area contributed by atoms with Gasteiger partial charge in [-0.15, -0.1) is 10.2 Å². The van der Waals surface area contributed by atoms with E-state index in [-0.39, 0.29) is 5.91 Å². The van der Waals surface area contributed by atoms with Crippen LogP contribution in [0.25, 0.3) is 21.9 Å². The molecule has 0 saturated heterocycles. The molecule has 4 rings (SSSR count). The van der Waals surface area contributed by atoms with Gasteiger partial charge in [0.2, 0.25) is 0 Å². The number of hydrogen-bond acceptors (Lipinski definition) is 6. The van der Waals surface area contributed by atoms with E-state index in [4.69, 9.17) is 10.5 Å². The van der Waals surface area contributed by atoms with Crippen LogP contribution in [0.5, 0.6) is 0 Å². The molecule has 2 aromatic heterocycles. The van der Waals surface area contributed by atoms with Crippen LogP contribution in [0.4, 0.5) is 5.82 Å². The summed E-state index contributed by atoms with van der Waals surface area (Å²) in [5.74, 6) is 1.16. The molecule has 2 N–H and O–H groups in total. The van der Waals surface area contributed by atoms with Crippen molar-refractivity contribution in [3.63, 3.8) is 0 Å². The summed E-state index contributed by atoms with van der Waals surface area (Å²) < 4.78 is 7.01. The molecule has 0 atom stereocenters. The van der Waals surface area contributed by atoms with Crippen LogP contribution in [-0.4, -0.2) is 51.3 Å². The molecule has 4 aromatic rings. The molecule has 2 aromatic carbocycles. The summed E-state index contributed by atoms with van der Waals surface area (Å²) in [5, 5.41) is 10.1. The van der Waals surface area contributed by atoms with Gasteiger partial charge < -0.3 is 19.9 Å². The number of carbonyl (C=O) groups excluding carboxylic acids is 1. The van der Waals surface area contributed by atoms with E-state index < -0.39 is 0 Å². The van der Waals surface area contributed by atoms with Crippen molar-refractivity contribution in [2.45, 2.75) is 20.0 Å². The zero-order valence-electron chi connectivity index (χ0n) is 18.4. The van der Waals surface area contributed by atoms with Crippen molar-refractivity contribution in [3.8, 4) is 11.1 Å². The number of amides is 1. The number of aryl methyl sites for hydroxylation is 1. The van der Waals surface area contributed by atoms with Gasteiger partial charge in [-0.25, -0.2) is 4.98 Å². The molecular formula is C24H26N6O2. The number of rotatable bonds is 7. The lowest BCUT2D eigenvalue weighted by molar-refractivity contribution is 0.0779. The first-order chi connectivity index (χ1) is 15.5. The van der Waals surface area contributed by atoms with Gasteiger partial charge in [-0.3, -0.25) is 4.79 Å². The van der Waals surface area contributed by atoms with Crippen molar-refractivity contribution in [1.29, 1.82) is 0 Å². The van der Waals surface area contributed by atoms with E-state index in [9.17, 15) is 4.79 Å². The van der Waals surface area contributed by atoms with Crippen molar-refractivity contribution < 1.29 is 9.53 Å². The van der Waals surface area contributed by atoms with Crippen LogP contribution < -0.4 is 5.73 Å². The predicted molar refractivity (Wildman–Crippen MR) is 124 cm³/mol. The highest BCUT2D eigenvalue weighted by molar-refractivity contribution is 5.99. The molecule has 8 heteroatoms. The zero-order valence-corrected chi connectivity index (χ0v) is 18.4. The summed E-state index contributed by atoms with van der Waals surface area (Å²) in [6.45, 7) is 3.58. The van der Waals surface area contributed by atoms with Crippen molar-refractivity contribution >= 4 is 22.5 Å². The largest absolute Gasteiger partial charge is 0.384 e. The van der Waals surface area contributed by atoms with E-state index in [0.717, 1.165) is 33.3 Å². The number of ether oxygens (including phenoxy) is 1. The summed E-state index contributed by atoms with van der Waals surface area (Å²) in [6, 6.07) is 13.8. The highest BCUT2D eigenvalue weighted by atomic mass is 16.5. The number of nitrogens with zero attached hydrogens (tertiary/aromatic N) is 5. The minimum absolute atomic E-state index is 0.0733. The van der Waals surface area contributed by atoms with Gasteiger partial charge in [0, 0.05) is 38.0 Å². The van der Waals surface area contributed by atoms with E-state index >= 15 is 0 Å². The number of nitrogens with two attached hydrogens (primary N) is 1. The number of methoxy groups -OCH3 is 1. The molecular weight excluding hydrogens is 404 g/mol. The van der Waals surface area contributed by atoms with Crippen molar-refractivity contribution in [3.05, 3.63) is 71.9 Å². The molecule has 0 aliphatic heterocycles. The lowest BCUT2D eigenvalue weighted by Gasteiger charge is -2.17. The summed E-state index contributed by atoms with van der Waals surface area (Å²) >= 11 is 0. The predicted octanol–water partition coefficient (Wildman–Crippen LogP) is 3.30. The monoisotopic (exact) mass is 430 g/mol. The maximum atomic E-state index is 13.0. The van der Waals surface area contributed by atoms with Gasteiger partial charge in [0.05, 0.1) is 13.2 Å². The third kappa shape index (κ3) is 4.45. The van der Waals surface area contributed by atoms with E-state index in [1.807, 2.05) is 47.9 Å². The second-order valence-electron chi connectivity index (χ2n) is 7.80. The number of benzene rings is 2. The van der Waals surface area contributed by atoms with Gasteiger partial charge >= 0.3 is 0 Å². The Kier molecular flexibility index (Phi) is 6.13. The maximum absolute atomic E-state index is 13.0. The Morgan fingerprint density at radius 1 is 1.16 bits per heavy atom. The second-order valence-corrected chi connectivity index (χ2v) is 7.80. The Labute approximate surface area is 186 Å². The highest BCUT2D eigenvalue weighted by Crippen LogP contribution is 2.28. The standard InChI is InChI=1S/C24H26N6O2/c1-16-10-22(25)26-13-21(16)19-6-4-18-12-20(7-5-17(18)11-19)24(31)29(2)14-23-28-27-15-30(23)8-9-32-3/h4-7,10-13,15H,8-9,14H2,1-3H3,(H2,25,26). The van der Waals surface area contributed by atoms with Crippen molar-refractivity contribution in [2.24, 2.45) is 0 Å². The number of aromatic nitrogens is 4. The molecule has 8 nitrogen and oxygen atoms in total. The topological polar surface area (TPSA) is 99.2 Å². The molecule has 32 heavy (non-hydrogen) atoms. The number of carbonyl (C=O) groups is 1. The van der Waals surface area contributed by atoms with Gasteiger partial charge in [0.25, 0.3) is 5.91 Å². The maximum Gasteiger partial charge on any atom is 0.254 e. The lowest BCUT2D eigenvalue weighted by Crippen LogP contribution is -2.28. The van der Waals surface area contributed by atoms with Gasteiger partial charge in [0.15, 0.2) is 5.82 Å². The zero-order chi connectivity index (χ0) is 22.7. The Balaban J connectivity index is 1.54. The molecule has 2 heterocycles. The molecule has 1 amide bonds. The Bertz CT molecular complexity index is 1270. The van der Waals surface area contributed by atoms with Gasteiger partial charge in [-0.05, 0) is 53.1 Å². The van der Waals surface area contributed by atoms with E-state index in [0.29, 0.717) is 31.1 Å². The molecule has 0 aliphatic carbocycles. The Morgan fingerprint density at radius 3 is 2.72 bits per heavy atom. The van der Waals surface area contributed by atoms with E-state index in [2.05, 4.69) is 21.2 Å². The van der Waals surface area contributed by atoms with E-state index in [1.54, 1.807) is 31.6 Å². The fourth-order valence-corrected chi connectivity index (χ4v) is 3.71. The number of anilines is 1. The first kappa shape index (κ1) is 21.5. The average molecular weight is 431 g/mol. The normalized spacial score (nSPS) is 11.1. The molecule has 0 unspecified atom stereocenters. The number of nitrogen functional groups attached to an aromatic ring is 1. The van der Waals surface area contributed by atoms with Crippen LogP contribution in [0.15, 0.2) is 55.0 Å². The molecule has 0 aliphatic rings. The van der Waals surface area contributed by atoms with Crippen LogP contribution >= 0.6 is 0 Å². The van der Waals surface area contributed by atoms with Crippen LogP contribution in [-0.2, 0) is 17.8 Å². The molecule has 0 spiro atoms. The molecule has 0 bridgehead atoms. The molecule has 0 radical (unpaired) electrons. The first-order valence-electron chi connectivity index (χ1n) is 10.3. The summed E-state index contributed by atoms with van der Waals surface area (Å²) in [5.41, 5.74) is 9.58. The van der Waals surface area contributed by atoms with Crippen LogP contribution in [0.2, 0.25) is 0 Å². The SMILES string of the molecule is COCCn1cnnc1CN(C)C(=O)c1ccc2cc(-c3cnc(N)cc3C)ccc2c1. The third-order valence-corrected chi connectivity index (χ3v) is 5.49. The molecule has 0 saturated carbocycles. The van der Waals surface area contributed by atoms with Crippen LogP contribution in [0, 0.1) is 6.92 Å². The second kappa shape index (κ2) is 9.15. The number of pyridine rings is 1. The van der Waals surface area contributed by atoms with Crippen LogP contribution in [0.1, 0.15) is 21.7 Å². The molecule has 164 valence electrons. The van der Waals surface area contributed by atoms with Crippen molar-refractivity contribution in [2.75, 3.05) is 26.5 Å². The minimum Gasteiger partial charge on any atom is -0.384 e. The number of fused-ring (bicyclic) bond motifs is 1. The minimum atomic E-state index is -0.0733. The molecule has 0 fully saturated rings. The van der Waals surface area contributed by atoms with E-state index in [1.165, 1.54) is 0 Å². The Morgan fingerprint density at radius 2 is 1.94 bits per heavy atom. The average Bonchev–Trinajstić information content (AvgIpc) is 3.23. The fraction of sp³-hybridized carbons (Fsp3) is 0.250. The third-order valence-electron chi connectivity index (χ3n) is 5.49. The van der Waals surface area contributed by atoms with Crippen LogP contribution in [0.3, 0.4) is 0 Å². The summed E-state index contributed by atoms with van der Waals surface area (Å²) in [6.07, 6.45) is 3.45. The quantitative estimate of drug-likeness (QED) is 0.483. The summed E-state index contributed by atoms with van der Waals surface area (Å²) in [4.78, 5) is 18.9. The fourth-order valence-electron chi connectivity index (χ4n) is 3.71. The van der Waals surface area contributed by atoms with Gasteiger partial charge in [-0.2, -0.15) is 0 Å². The highest BCUT2D eigenvalue weighted by Gasteiger charge is 2.16.